The summed E-state index contributed by atoms with van der Waals surface area (Å²) in [6, 6.07) is 1.91. The molecule has 0 bridgehead atoms. The molecule has 0 spiro atoms. The van der Waals surface area contributed by atoms with Gasteiger partial charge in [0.15, 0.2) is 26.0 Å². The molecule has 0 aliphatic heterocycles. The molecule has 36 heavy (non-hydrogen) atoms. The average Bonchev–Trinajstić information content (AvgIpc) is 3.72. The molecule has 0 aromatic carbocycles. The smallest absolute Gasteiger partial charge is 0.194 e. The first-order valence-corrected chi connectivity index (χ1v) is 13.4. The van der Waals surface area contributed by atoms with Crippen molar-refractivity contribution < 1.29 is 9.47 Å². The Balaban J connectivity index is 0.000000229. The van der Waals surface area contributed by atoms with Gasteiger partial charge in [-0.1, -0.05) is 0 Å². The van der Waals surface area contributed by atoms with Crippen molar-refractivity contribution in [3.05, 3.63) is 74.8 Å². The number of aromatic nitrogens is 7. The van der Waals surface area contributed by atoms with E-state index in [1.54, 1.807) is 85.8 Å². The molecule has 0 fully saturated rings. The van der Waals surface area contributed by atoms with Crippen LogP contribution in [0.1, 0.15) is 5.01 Å². The highest BCUT2D eigenvalue weighted by Crippen LogP contribution is 2.15. The van der Waals surface area contributed by atoms with Crippen LogP contribution in [0.25, 0.3) is 10.8 Å². The molecule has 0 amide bonds. The first-order chi connectivity index (χ1) is 17.5. The molecule has 0 saturated carbocycles. The SMILES string of the molecule is Brc1nccs1.COC(CN)OC.Cn1ccnc1.N#Cc1nccs1.c1c[nH]c(-c2nccs2)n1. The van der Waals surface area contributed by atoms with Crippen molar-refractivity contribution in [1.82, 2.24) is 34.5 Å². The molecule has 5 aromatic rings. The van der Waals surface area contributed by atoms with Crippen molar-refractivity contribution in [1.29, 1.82) is 5.26 Å². The van der Waals surface area contributed by atoms with Crippen molar-refractivity contribution in [2.24, 2.45) is 12.8 Å². The number of aryl methyl sites for hydroxylation is 1. The second-order valence-corrected chi connectivity index (χ2v) is 9.83. The number of nitrogens with zero attached hydrogens (tertiary/aromatic N) is 7. The molecule has 192 valence electrons. The first-order valence-electron chi connectivity index (χ1n) is 9.95. The third kappa shape index (κ3) is 14.5. The molecule has 11 nitrogen and oxygen atoms in total. The van der Waals surface area contributed by atoms with Crippen LogP contribution in [0.2, 0.25) is 0 Å². The third-order valence-corrected chi connectivity index (χ3v) is 6.20. The minimum Gasteiger partial charge on any atom is -0.355 e. The summed E-state index contributed by atoms with van der Waals surface area (Å²) >= 11 is 7.70. The number of hydrogen-bond donors (Lipinski definition) is 2. The summed E-state index contributed by atoms with van der Waals surface area (Å²) in [4.78, 5) is 22.4. The standard InChI is InChI=1S/C6H5N3S.C4H2N2S.C4H6N2.C4H11NO2.C3H2BrNS/c1-2-8-5(7-1)6-9-3-4-10-6;5-3-4-6-1-2-7-4;1-6-3-2-5-4-6;1-6-4(3-5)7-2;4-3-5-1-2-6-3/h1-4H,(H,7,8);1-2H;2-4H,1H3;4H,3,5H2,1-2H3;1-2H. The zero-order chi connectivity index (χ0) is 26.4. The summed E-state index contributed by atoms with van der Waals surface area (Å²) in [5.41, 5.74) is 5.14. The molecule has 15 heteroatoms. The molecule has 0 unspecified atom stereocenters. The van der Waals surface area contributed by atoms with Gasteiger partial charge in [-0.25, -0.2) is 24.9 Å². The van der Waals surface area contributed by atoms with Crippen molar-refractivity contribution in [2.45, 2.75) is 6.29 Å². The fourth-order valence-electron chi connectivity index (χ4n) is 1.82. The number of nitriles is 1. The molecule has 5 aromatic heterocycles. The zero-order valence-electron chi connectivity index (χ0n) is 19.8. The van der Waals surface area contributed by atoms with E-state index in [2.05, 4.69) is 45.8 Å². The highest BCUT2D eigenvalue weighted by molar-refractivity contribution is 9.11. The quantitative estimate of drug-likeness (QED) is 0.281. The van der Waals surface area contributed by atoms with Crippen LogP contribution in [0.15, 0.2) is 69.8 Å². The summed E-state index contributed by atoms with van der Waals surface area (Å²) in [5, 5.41) is 15.2. The van der Waals surface area contributed by atoms with Crippen LogP contribution < -0.4 is 5.73 Å². The van der Waals surface area contributed by atoms with Gasteiger partial charge in [0.2, 0.25) is 0 Å². The largest absolute Gasteiger partial charge is 0.355 e. The van der Waals surface area contributed by atoms with E-state index in [4.69, 9.17) is 20.5 Å². The summed E-state index contributed by atoms with van der Waals surface area (Å²) in [7, 11) is 5.05. The van der Waals surface area contributed by atoms with Crippen LogP contribution in [0, 0.1) is 11.3 Å². The van der Waals surface area contributed by atoms with E-state index in [9.17, 15) is 0 Å². The number of thiazole rings is 3. The molecule has 0 saturated heterocycles. The lowest BCUT2D eigenvalue weighted by atomic mass is 10.6. The number of H-pyrrole nitrogens is 1. The maximum absolute atomic E-state index is 8.12. The van der Waals surface area contributed by atoms with Crippen molar-refractivity contribution in [3.8, 4) is 16.9 Å². The molecule has 5 rings (SSSR count). The Morgan fingerprint density at radius 1 is 1.03 bits per heavy atom. The number of rotatable bonds is 4. The Bertz CT molecular complexity index is 1060. The van der Waals surface area contributed by atoms with E-state index in [1.165, 1.54) is 11.3 Å². The van der Waals surface area contributed by atoms with Crippen molar-refractivity contribution in [3.63, 3.8) is 0 Å². The molecule has 0 aliphatic carbocycles. The lowest BCUT2D eigenvalue weighted by Crippen LogP contribution is -2.23. The Hall–Kier alpha value is -2.84. The van der Waals surface area contributed by atoms with Gasteiger partial charge in [0.1, 0.15) is 6.07 Å². The lowest BCUT2D eigenvalue weighted by Gasteiger charge is -2.08. The minimum absolute atomic E-state index is 0.236. The van der Waals surface area contributed by atoms with Crippen molar-refractivity contribution >= 4 is 49.9 Å². The van der Waals surface area contributed by atoms with E-state index in [-0.39, 0.29) is 6.29 Å². The summed E-state index contributed by atoms with van der Waals surface area (Å²) < 4.78 is 12.2. The van der Waals surface area contributed by atoms with Gasteiger partial charge in [-0.15, -0.1) is 34.0 Å². The molecule has 0 aliphatic rings. The third-order valence-electron chi connectivity index (χ3n) is 3.42. The van der Waals surface area contributed by atoms with Crippen LogP contribution in [0.3, 0.4) is 0 Å². The van der Waals surface area contributed by atoms with Gasteiger partial charge in [0.05, 0.1) is 6.33 Å². The second-order valence-electron chi connectivity index (χ2n) is 5.87. The van der Waals surface area contributed by atoms with Gasteiger partial charge >= 0.3 is 0 Å². The number of nitrogens with two attached hydrogens (primary N) is 1. The van der Waals surface area contributed by atoms with E-state index in [1.807, 2.05) is 34.6 Å². The average molecular weight is 613 g/mol. The van der Waals surface area contributed by atoms with Gasteiger partial charge in [0, 0.05) is 87.3 Å². The van der Waals surface area contributed by atoms with E-state index in [0.717, 1.165) is 14.7 Å². The number of hydrogen-bond acceptors (Lipinski definition) is 12. The maximum Gasteiger partial charge on any atom is 0.194 e. The van der Waals surface area contributed by atoms with E-state index < -0.39 is 0 Å². The fourth-order valence-corrected chi connectivity index (χ4v) is 3.64. The maximum atomic E-state index is 8.12. The molecule has 5 heterocycles. The van der Waals surface area contributed by atoms with Crippen LogP contribution in [-0.2, 0) is 16.5 Å². The van der Waals surface area contributed by atoms with Gasteiger partial charge in [0.25, 0.3) is 0 Å². The Morgan fingerprint density at radius 2 is 1.72 bits per heavy atom. The highest BCUT2D eigenvalue weighted by Gasteiger charge is 1.99. The van der Waals surface area contributed by atoms with Gasteiger partial charge < -0.3 is 24.8 Å². The number of nitrogens with one attached hydrogen (secondary N) is 1. The van der Waals surface area contributed by atoms with Gasteiger partial charge in [-0.05, 0) is 15.9 Å². The Kier molecular flexibility index (Phi) is 17.6. The van der Waals surface area contributed by atoms with Crippen molar-refractivity contribution in [2.75, 3.05) is 20.8 Å². The zero-order valence-corrected chi connectivity index (χ0v) is 23.8. The van der Waals surface area contributed by atoms with Crippen LogP contribution in [0.4, 0.5) is 0 Å². The molecular weight excluding hydrogens is 586 g/mol. The molecular formula is C21H26BrN9O2S3. The van der Waals surface area contributed by atoms with E-state index >= 15 is 0 Å². The van der Waals surface area contributed by atoms with Crippen LogP contribution in [-0.4, -0.2) is 61.5 Å². The monoisotopic (exact) mass is 611 g/mol. The molecule has 0 atom stereocenters. The topological polar surface area (TPSA) is 153 Å². The van der Waals surface area contributed by atoms with Crippen LogP contribution >= 0.6 is 49.9 Å². The summed E-state index contributed by atoms with van der Waals surface area (Å²) in [6.07, 6.45) is 13.8. The summed E-state index contributed by atoms with van der Waals surface area (Å²) in [5.74, 6) is 0.843. The fraction of sp³-hybridized carbons (Fsp3) is 0.238. The number of ether oxygens (including phenoxy) is 2. The molecule has 0 radical (unpaired) electrons. The number of halogens is 1. The predicted octanol–water partition coefficient (Wildman–Crippen LogP) is 4.44. The highest BCUT2D eigenvalue weighted by atomic mass is 79.9. The van der Waals surface area contributed by atoms with Crippen LogP contribution in [0.5, 0.6) is 0 Å². The Labute approximate surface area is 229 Å². The Morgan fingerprint density at radius 3 is 2.00 bits per heavy atom. The number of imidazole rings is 2. The minimum atomic E-state index is -0.236. The molecule has 3 N–H and O–H groups in total. The predicted molar refractivity (Wildman–Crippen MR) is 146 cm³/mol. The second kappa shape index (κ2) is 20.4. The normalized spacial score (nSPS) is 9.25. The number of methoxy groups -OCH3 is 2. The van der Waals surface area contributed by atoms with Gasteiger partial charge in [-0.3, -0.25) is 0 Å². The number of aromatic amines is 1. The summed E-state index contributed by atoms with van der Waals surface area (Å²) in [6.45, 7) is 0.410. The first kappa shape index (κ1) is 31.2. The lowest BCUT2D eigenvalue weighted by molar-refractivity contribution is -0.0940. The van der Waals surface area contributed by atoms with E-state index in [0.29, 0.717) is 11.6 Å². The van der Waals surface area contributed by atoms with Gasteiger partial charge in [-0.2, -0.15) is 5.26 Å².